The van der Waals surface area contributed by atoms with E-state index in [1.807, 2.05) is 30.3 Å². The van der Waals surface area contributed by atoms with Gasteiger partial charge in [-0.2, -0.15) is 0 Å². The molecule has 0 aliphatic carbocycles. The SMILES string of the molecule is CC(C)[Si](C#CS(=O)c1ccccc1)(C(C)C)C(C)C. The first-order chi connectivity index (χ1) is 9.32. The Hall–Kier alpha value is -0.853. The third-order valence-corrected chi connectivity index (χ3v) is 11.6. The summed E-state index contributed by atoms with van der Waals surface area (Å²) in [5, 5.41) is 3.07. The summed E-state index contributed by atoms with van der Waals surface area (Å²) in [5.41, 5.74) is 5.23. The topological polar surface area (TPSA) is 17.1 Å². The van der Waals surface area contributed by atoms with Crippen LogP contribution in [0.2, 0.25) is 16.6 Å². The van der Waals surface area contributed by atoms with Gasteiger partial charge in [0.2, 0.25) is 0 Å². The van der Waals surface area contributed by atoms with Gasteiger partial charge in [0.1, 0.15) is 18.9 Å². The highest BCUT2D eigenvalue weighted by atomic mass is 32.2. The molecule has 3 heteroatoms. The number of hydrogen-bond donors (Lipinski definition) is 0. The maximum atomic E-state index is 12.3. The predicted octanol–water partition coefficient (Wildman–Crippen LogP) is 4.97. The van der Waals surface area contributed by atoms with Gasteiger partial charge in [-0.25, -0.2) is 4.21 Å². The highest BCUT2D eigenvalue weighted by Gasteiger charge is 2.41. The van der Waals surface area contributed by atoms with Crippen LogP contribution in [0.25, 0.3) is 0 Å². The summed E-state index contributed by atoms with van der Waals surface area (Å²) in [6, 6.07) is 9.52. The van der Waals surface area contributed by atoms with E-state index in [0.717, 1.165) is 4.90 Å². The lowest BCUT2D eigenvalue weighted by Gasteiger charge is -2.37. The lowest BCUT2D eigenvalue weighted by Crippen LogP contribution is -2.43. The first-order valence-corrected chi connectivity index (χ1v) is 10.7. The zero-order valence-electron chi connectivity index (χ0n) is 13.4. The number of rotatable bonds is 4. The van der Waals surface area contributed by atoms with Crippen LogP contribution < -0.4 is 0 Å². The molecule has 110 valence electrons. The van der Waals surface area contributed by atoms with Crippen LogP contribution in [-0.4, -0.2) is 12.3 Å². The number of hydrogen-bond acceptors (Lipinski definition) is 1. The largest absolute Gasteiger partial charge is 0.241 e. The summed E-state index contributed by atoms with van der Waals surface area (Å²) in [5.74, 6) is 0. The second-order valence-corrected chi connectivity index (χ2v) is 13.0. The quantitative estimate of drug-likeness (QED) is 0.567. The zero-order valence-corrected chi connectivity index (χ0v) is 15.3. The number of benzene rings is 1. The van der Waals surface area contributed by atoms with Gasteiger partial charge >= 0.3 is 0 Å². The second kappa shape index (κ2) is 7.24. The monoisotopic (exact) mass is 306 g/mol. The molecule has 0 saturated heterocycles. The Morgan fingerprint density at radius 1 is 0.900 bits per heavy atom. The van der Waals surface area contributed by atoms with Crippen LogP contribution in [0.5, 0.6) is 0 Å². The first kappa shape index (κ1) is 17.2. The van der Waals surface area contributed by atoms with E-state index in [9.17, 15) is 4.21 Å². The molecule has 0 aromatic heterocycles. The van der Waals surface area contributed by atoms with Crippen LogP contribution in [0, 0.1) is 10.8 Å². The molecular formula is C17H26OSSi. The van der Waals surface area contributed by atoms with Crippen LogP contribution in [-0.2, 0) is 10.8 Å². The van der Waals surface area contributed by atoms with Crippen LogP contribution in [0.1, 0.15) is 41.5 Å². The molecular weight excluding hydrogens is 280 g/mol. The van der Waals surface area contributed by atoms with Crippen molar-refractivity contribution in [2.24, 2.45) is 0 Å². The lowest BCUT2D eigenvalue weighted by atomic mass is 10.4. The van der Waals surface area contributed by atoms with Gasteiger partial charge in [0.15, 0.2) is 0 Å². The standard InChI is InChI=1S/C17H26OSSi/c1-14(2)20(15(3)4,16(5)6)13-12-19(18)17-10-8-7-9-11-17/h7-11,14-16H,1-6H3. The van der Waals surface area contributed by atoms with Crippen molar-refractivity contribution in [3.8, 4) is 10.8 Å². The minimum absolute atomic E-state index is 0.572. The van der Waals surface area contributed by atoms with E-state index in [1.165, 1.54) is 0 Å². The fourth-order valence-electron chi connectivity index (χ4n) is 3.17. The Kier molecular flexibility index (Phi) is 6.23. The minimum Gasteiger partial charge on any atom is -0.241 e. The molecule has 0 bridgehead atoms. The van der Waals surface area contributed by atoms with E-state index >= 15 is 0 Å². The summed E-state index contributed by atoms with van der Waals surface area (Å²) >= 11 is 0. The molecule has 0 aliphatic rings. The van der Waals surface area contributed by atoms with Gasteiger partial charge in [-0.3, -0.25) is 0 Å². The smallest absolute Gasteiger partial charge is 0.147 e. The molecule has 0 saturated carbocycles. The lowest BCUT2D eigenvalue weighted by molar-refractivity contribution is 0.689. The fourth-order valence-corrected chi connectivity index (χ4v) is 9.64. The summed E-state index contributed by atoms with van der Waals surface area (Å²) < 4.78 is 12.3. The molecule has 1 aromatic carbocycles. The van der Waals surface area contributed by atoms with E-state index in [2.05, 4.69) is 52.3 Å². The molecule has 0 N–H and O–H groups in total. The minimum atomic E-state index is -1.78. The van der Waals surface area contributed by atoms with Crippen molar-refractivity contribution in [3.05, 3.63) is 30.3 Å². The second-order valence-electron chi connectivity index (χ2n) is 6.21. The average Bonchev–Trinajstić information content (AvgIpc) is 2.38. The molecule has 0 heterocycles. The zero-order chi connectivity index (χ0) is 15.3. The molecule has 1 nitrogen and oxygen atoms in total. The maximum Gasteiger partial charge on any atom is 0.147 e. The Morgan fingerprint density at radius 3 is 1.75 bits per heavy atom. The van der Waals surface area contributed by atoms with E-state index in [1.54, 1.807) is 0 Å². The highest BCUT2D eigenvalue weighted by molar-refractivity contribution is 7.90. The summed E-state index contributed by atoms with van der Waals surface area (Å²) in [6.07, 6.45) is 0. The van der Waals surface area contributed by atoms with Crippen molar-refractivity contribution in [1.29, 1.82) is 0 Å². The average molecular weight is 307 g/mol. The van der Waals surface area contributed by atoms with Gasteiger partial charge < -0.3 is 0 Å². The van der Waals surface area contributed by atoms with Gasteiger partial charge in [-0.1, -0.05) is 59.7 Å². The molecule has 1 aromatic rings. The Bertz CT molecular complexity index is 487. The Balaban J connectivity index is 3.15. The first-order valence-electron chi connectivity index (χ1n) is 7.32. The summed E-state index contributed by atoms with van der Waals surface area (Å²) in [4.78, 5) is 0.805. The van der Waals surface area contributed by atoms with Crippen molar-refractivity contribution in [3.63, 3.8) is 0 Å². The summed E-state index contributed by atoms with van der Waals surface area (Å²) in [6.45, 7) is 13.6. The molecule has 1 atom stereocenters. The fraction of sp³-hybridized carbons (Fsp3) is 0.529. The van der Waals surface area contributed by atoms with Gasteiger partial charge in [-0.05, 0) is 34.0 Å². The maximum absolute atomic E-state index is 12.3. The van der Waals surface area contributed by atoms with Gasteiger partial charge in [0.05, 0.1) is 4.90 Å². The predicted molar refractivity (Wildman–Crippen MR) is 91.7 cm³/mol. The molecule has 0 spiro atoms. The van der Waals surface area contributed by atoms with Gasteiger partial charge in [0.25, 0.3) is 0 Å². The van der Waals surface area contributed by atoms with Crippen LogP contribution in [0.15, 0.2) is 35.2 Å². The molecule has 1 unspecified atom stereocenters. The van der Waals surface area contributed by atoms with Crippen LogP contribution >= 0.6 is 0 Å². The van der Waals surface area contributed by atoms with E-state index in [4.69, 9.17) is 0 Å². The van der Waals surface area contributed by atoms with E-state index in [0.29, 0.717) is 16.6 Å². The third kappa shape index (κ3) is 3.62. The van der Waals surface area contributed by atoms with E-state index in [-0.39, 0.29) is 0 Å². The van der Waals surface area contributed by atoms with E-state index < -0.39 is 18.9 Å². The Labute approximate surface area is 127 Å². The van der Waals surface area contributed by atoms with Crippen molar-refractivity contribution < 1.29 is 4.21 Å². The third-order valence-electron chi connectivity index (χ3n) is 4.18. The molecule has 0 aliphatic heterocycles. The Morgan fingerprint density at radius 2 is 1.35 bits per heavy atom. The molecule has 0 amide bonds. The normalized spacial score (nSPS) is 13.4. The molecule has 0 fully saturated rings. The molecule has 0 radical (unpaired) electrons. The highest BCUT2D eigenvalue weighted by Crippen LogP contribution is 2.40. The summed E-state index contributed by atoms with van der Waals surface area (Å²) in [7, 11) is -2.98. The van der Waals surface area contributed by atoms with Crippen molar-refractivity contribution in [2.45, 2.75) is 63.1 Å². The van der Waals surface area contributed by atoms with Crippen LogP contribution in [0.3, 0.4) is 0 Å². The van der Waals surface area contributed by atoms with Crippen molar-refractivity contribution >= 4 is 18.9 Å². The van der Waals surface area contributed by atoms with Crippen molar-refractivity contribution in [1.82, 2.24) is 0 Å². The van der Waals surface area contributed by atoms with Crippen molar-refractivity contribution in [2.75, 3.05) is 0 Å². The van der Waals surface area contributed by atoms with Gasteiger partial charge in [-0.15, -0.1) is 5.54 Å². The van der Waals surface area contributed by atoms with Crippen LogP contribution in [0.4, 0.5) is 0 Å². The molecule has 20 heavy (non-hydrogen) atoms. The molecule has 1 rings (SSSR count). The van der Waals surface area contributed by atoms with Gasteiger partial charge in [0, 0.05) is 0 Å².